The van der Waals surface area contributed by atoms with E-state index in [0.717, 1.165) is 9.35 Å². The Bertz CT molecular complexity index is 525. The first-order chi connectivity index (χ1) is 8.19. The first-order valence-corrected chi connectivity index (χ1v) is 6.50. The van der Waals surface area contributed by atoms with Crippen LogP contribution >= 0.6 is 27.3 Å². The lowest BCUT2D eigenvalue weighted by Gasteiger charge is -1.99. The van der Waals surface area contributed by atoms with Gasteiger partial charge in [-0.15, -0.1) is 21.5 Å². The van der Waals surface area contributed by atoms with Gasteiger partial charge in [-0.3, -0.25) is 4.79 Å². The highest BCUT2D eigenvalue weighted by molar-refractivity contribution is 9.10. The summed E-state index contributed by atoms with van der Waals surface area (Å²) in [5.41, 5.74) is 0.357. The fourth-order valence-electron chi connectivity index (χ4n) is 1.27. The minimum Gasteiger partial charge on any atom is -0.480 e. The highest BCUT2D eigenvalue weighted by atomic mass is 79.9. The fraction of sp³-hybridized carbons (Fsp3) is 0.182. The van der Waals surface area contributed by atoms with Crippen LogP contribution in [0.15, 0.2) is 28.1 Å². The van der Waals surface area contributed by atoms with E-state index in [-0.39, 0.29) is 5.78 Å². The monoisotopic (exact) mass is 312 g/mol. The van der Waals surface area contributed by atoms with E-state index in [0.29, 0.717) is 18.0 Å². The number of methoxy groups -OCH3 is 1. The van der Waals surface area contributed by atoms with Gasteiger partial charge in [-0.1, -0.05) is 0 Å². The van der Waals surface area contributed by atoms with Gasteiger partial charge in [0.2, 0.25) is 5.88 Å². The Morgan fingerprint density at radius 3 is 2.82 bits per heavy atom. The molecule has 0 atom stereocenters. The van der Waals surface area contributed by atoms with Crippen LogP contribution in [-0.2, 0) is 6.42 Å². The molecular formula is C11H9BrN2O2S. The van der Waals surface area contributed by atoms with Crippen LogP contribution in [0.3, 0.4) is 0 Å². The van der Waals surface area contributed by atoms with E-state index < -0.39 is 0 Å². The van der Waals surface area contributed by atoms with E-state index in [1.54, 1.807) is 12.1 Å². The lowest BCUT2D eigenvalue weighted by molar-refractivity contribution is 0.0988. The molecule has 4 nitrogen and oxygen atoms in total. The molecule has 0 N–H and O–H groups in total. The van der Waals surface area contributed by atoms with Gasteiger partial charge < -0.3 is 4.74 Å². The molecule has 0 aliphatic rings. The van der Waals surface area contributed by atoms with Crippen molar-refractivity contribution < 1.29 is 9.53 Å². The van der Waals surface area contributed by atoms with Gasteiger partial charge in [-0.25, -0.2) is 0 Å². The van der Waals surface area contributed by atoms with Gasteiger partial charge in [0.1, 0.15) is 5.69 Å². The molecule has 0 fully saturated rings. The van der Waals surface area contributed by atoms with Gasteiger partial charge in [-0.2, -0.15) is 0 Å². The van der Waals surface area contributed by atoms with Crippen molar-refractivity contribution >= 4 is 33.0 Å². The average molecular weight is 313 g/mol. The third-order valence-corrected chi connectivity index (χ3v) is 3.79. The molecular weight excluding hydrogens is 304 g/mol. The van der Waals surface area contributed by atoms with Gasteiger partial charge in [0.25, 0.3) is 0 Å². The minimum absolute atomic E-state index is 0.0468. The predicted octanol–water partition coefficient (Wildman–Crippen LogP) is 2.73. The largest absolute Gasteiger partial charge is 0.480 e. The predicted molar refractivity (Wildman–Crippen MR) is 68.6 cm³/mol. The number of hydrogen-bond donors (Lipinski definition) is 0. The third-order valence-electron chi connectivity index (χ3n) is 2.09. The van der Waals surface area contributed by atoms with E-state index in [9.17, 15) is 4.79 Å². The van der Waals surface area contributed by atoms with E-state index >= 15 is 0 Å². The number of nitrogens with zero attached hydrogens (tertiary/aromatic N) is 2. The molecule has 0 aliphatic carbocycles. The third kappa shape index (κ3) is 3.10. The molecule has 0 radical (unpaired) electrons. The molecule has 0 aromatic carbocycles. The Kier molecular flexibility index (Phi) is 3.86. The lowest BCUT2D eigenvalue weighted by atomic mass is 10.2. The molecule has 0 saturated carbocycles. The number of halogens is 1. The minimum atomic E-state index is -0.0468. The van der Waals surface area contributed by atoms with E-state index in [1.165, 1.54) is 18.4 Å². The van der Waals surface area contributed by atoms with E-state index in [2.05, 4.69) is 26.1 Å². The molecule has 0 saturated heterocycles. The number of carbonyl (C=O) groups excluding carboxylic acids is 1. The van der Waals surface area contributed by atoms with Crippen molar-refractivity contribution in [3.63, 3.8) is 0 Å². The highest BCUT2D eigenvalue weighted by Crippen LogP contribution is 2.21. The summed E-state index contributed by atoms with van der Waals surface area (Å²) >= 11 is 4.89. The van der Waals surface area contributed by atoms with Crippen LogP contribution in [0.5, 0.6) is 5.88 Å². The Morgan fingerprint density at radius 1 is 1.47 bits per heavy atom. The van der Waals surface area contributed by atoms with Crippen LogP contribution in [0.2, 0.25) is 0 Å². The van der Waals surface area contributed by atoms with Crippen molar-refractivity contribution in [2.45, 2.75) is 6.42 Å². The Hall–Kier alpha value is -1.27. The van der Waals surface area contributed by atoms with Crippen molar-refractivity contribution in [2.75, 3.05) is 7.11 Å². The number of ether oxygens (including phenoxy) is 1. The summed E-state index contributed by atoms with van der Waals surface area (Å²) in [6.07, 6.45) is 0.345. The summed E-state index contributed by atoms with van der Waals surface area (Å²) in [7, 11) is 1.51. The number of thiophene rings is 1. The smallest absolute Gasteiger partial charge is 0.233 e. The Morgan fingerprint density at radius 2 is 2.29 bits per heavy atom. The summed E-state index contributed by atoms with van der Waals surface area (Å²) in [5, 5.41) is 9.53. The second-order valence-electron chi connectivity index (χ2n) is 3.29. The second kappa shape index (κ2) is 5.37. The van der Waals surface area contributed by atoms with Gasteiger partial charge in [-0.05, 0) is 28.1 Å². The molecule has 2 aromatic rings. The zero-order chi connectivity index (χ0) is 12.3. The lowest BCUT2D eigenvalue weighted by Crippen LogP contribution is -2.06. The first-order valence-electron chi connectivity index (χ1n) is 4.83. The van der Waals surface area contributed by atoms with Gasteiger partial charge in [0.05, 0.1) is 7.11 Å². The number of rotatable bonds is 4. The summed E-state index contributed by atoms with van der Waals surface area (Å²) in [5.74, 6) is 0.356. The number of Topliss-reactive ketones (excluding diaryl/α,β-unsaturated/α-hetero) is 1. The van der Waals surface area contributed by atoms with Gasteiger partial charge in [0, 0.05) is 27.2 Å². The summed E-state index contributed by atoms with van der Waals surface area (Å²) < 4.78 is 5.87. The molecule has 0 aliphatic heterocycles. The van der Waals surface area contributed by atoms with Crippen molar-refractivity contribution in [3.05, 3.63) is 38.6 Å². The molecule has 88 valence electrons. The topological polar surface area (TPSA) is 52.1 Å². The highest BCUT2D eigenvalue weighted by Gasteiger charge is 2.11. The van der Waals surface area contributed by atoms with Crippen LogP contribution in [0.4, 0.5) is 0 Å². The van der Waals surface area contributed by atoms with Crippen molar-refractivity contribution in [2.24, 2.45) is 0 Å². The standard InChI is InChI=1S/C11H9BrN2O2S/c1-16-11-3-2-9(13-14-11)10(15)5-8-4-7(12)6-17-8/h2-4,6H,5H2,1H3. The van der Waals surface area contributed by atoms with E-state index in [4.69, 9.17) is 4.74 Å². The fourth-order valence-corrected chi connectivity index (χ4v) is 2.72. The molecule has 6 heteroatoms. The van der Waals surface area contributed by atoms with E-state index in [1.807, 2.05) is 11.4 Å². The quantitative estimate of drug-likeness (QED) is 0.815. The summed E-state index contributed by atoms with van der Waals surface area (Å²) in [6, 6.07) is 5.18. The SMILES string of the molecule is COc1ccc(C(=O)Cc2cc(Br)cs2)nn1. The maximum absolute atomic E-state index is 11.9. The van der Waals surface area contributed by atoms with Crippen molar-refractivity contribution in [1.29, 1.82) is 0 Å². The van der Waals surface area contributed by atoms with Crippen LogP contribution in [-0.4, -0.2) is 23.1 Å². The normalized spacial score (nSPS) is 10.2. The molecule has 2 aromatic heterocycles. The number of aromatic nitrogens is 2. The van der Waals surface area contributed by atoms with Crippen molar-refractivity contribution in [3.8, 4) is 5.88 Å². The molecule has 0 amide bonds. The maximum atomic E-state index is 11.9. The maximum Gasteiger partial charge on any atom is 0.233 e. The van der Waals surface area contributed by atoms with Gasteiger partial charge >= 0.3 is 0 Å². The number of ketones is 1. The van der Waals surface area contributed by atoms with Crippen LogP contribution in [0.1, 0.15) is 15.4 Å². The zero-order valence-electron chi connectivity index (χ0n) is 9.01. The number of hydrogen-bond acceptors (Lipinski definition) is 5. The molecule has 2 heterocycles. The Labute approximate surface area is 111 Å². The molecule has 2 rings (SSSR count). The molecule has 0 bridgehead atoms. The van der Waals surface area contributed by atoms with Crippen molar-refractivity contribution in [1.82, 2.24) is 10.2 Å². The number of carbonyl (C=O) groups is 1. The summed E-state index contributed by atoms with van der Waals surface area (Å²) in [6.45, 7) is 0. The first kappa shape index (κ1) is 12.2. The van der Waals surface area contributed by atoms with Gasteiger partial charge in [0.15, 0.2) is 5.78 Å². The Balaban J connectivity index is 2.09. The molecule has 0 unspecified atom stereocenters. The van der Waals surface area contributed by atoms with Crippen LogP contribution in [0.25, 0.3) is 0 Å². The summed E-state index contributed by atoms with van der Waals surface area (Å²) in [4.78, 5) is 12.9. The molecule has 0 spiro atoms. The zero-order valence-corrected chi connectivity index (χ0v) is 11.4. The van der Waals surface area contributed by atoms with Crippen LogP contribution < -0.4 is 4.74 Å². The second-order valence-corrected chi connectivity index (χ2v) is 5.20. The average Bonchev–Trinajstić information content (AvgIpc) is 2.75. The molecule has 17 heavy (non-hydrogen) atoms. The van der Waals surface area contributed by atoms with Crippen LogP contribution in [0, 0.1) is 0 Å².